The van der Waals surface area contributed by atoms with Crippen LogP contribution in [0.3, 0.4) is 0 Å². The predicted molar refractivity (Wildman–Crippen MR) is 80.2 cm³/mol. The number of hydrogen-bond acceptors (Lipinski definition) is 4. The van der Waals surface area contributed by atoms with Crippen LogP contribution < -0.4 is 5.32 Å². The number of nitrogens with one attached hydrogen (secondary N) is 1. The van der Waals surface area contributed by atoms with Gasteiger partial charge in [0.2, 0.25) is 10.0 Å². The van der Waals surface area contributed by atoms with Gasteiger partial charge >= 0.3 is 0 Å². The average Bonchev–Trinajstić information content (AvgIpc) is 2.78. The fourth-order valence-corrected chi connectivity index (χ4v) is 4.13. The highest BCUT2D eigenvalue weighted by Gasteiger charge is 2.37. The highest BCUT2D eigenvalue weighted by Crippen LogP contribution is 2.34. The summed E-state index contributed by atoms with van der Waals surface area (Å²) in [5.41, 5.74) is 0.0479. The Morgan fingerprint density at radius 3 is 2.80 bits per heavy atom. The largest absolute Gasteiger partial charge is 0.369 e. The van der Waals surface area contributed by atoms with Crippen LogP contribution in [0, 0.1) is 5.41 Å². The van der Waals surface area contributed by atoms with Gasteiger partial charge in [0.15, 0.2) is 0 Å². The number of pyridine rings is 1. The Morgan fingerprint density at radius 1 is 1.45 bits per heavy atom. The third-order valence-electron chi connectivity index (χ3n) is 3.57. The van der Waals surface area contributed by atoms with Crippen molar-refractivity contribution in [1.82, 2.24) is 9.29 Å². The standard InChI is InChI=1S/C14H23N3O2S/c1-4-8-15-13-12(6-5-9-16-13)20(18,19)17-10-7-14(2,3)11-17/h5-6,9H,4,7-8,10-11H2,1-3H3,(H,15,16). The lowest BCUT2D eigenvalue weighted by Gasteiger charge is -2.21. The minimum Gasteiger partial charge on any atom is -0.369 e. The molecule has 0 aliphatic carbocycles. The molecule has 2 rings (SSSR count). The Morgan fingerprint density at radius 2 is 2.20 bits per heavy atom. The van der Waals surface area contributed by atoms with Gasteiger partial charge in [-0.2, -0.15) is 4.31 Å². The summed E-state index contributed by atoms with van der Waals surface area (Å²) in [6, 6.07) is 3.30. The van der Waals surface area contributed by atoms with E-state index in [9.17, 15) is 8.42 Å². The zero-order valence-electron chi connectivity index (χ0n) is 12.4. The van der Waals surface area contributed by atoms with Crippen LogP contribution in [0.25, 0.3) is 0 Å². The molecule has 0 bridgehead atoms. The minimum absolute atomic E-state index is 0.0479. The minimum atomic E-state index is -3.46. The molecule has 5 nitrogen and oxygen atoms in total. The molecule has 0 unspecified atom stereocenters. The molecule has 2 heterocycles. The van der Waals surface area contributed by atoms with Gasteiger partial charge in [-0.25, -0.2) is 13.4 Å². The van der Waals surface area contributed by atoms with E-state index in [1.54, 1.807) is 22.6 Å². The van der Waals surface area contributed by atoms with E-state index in [2.05, 4.69) is 24.1 Å². The first kappa shape index (κ1) is 15.3. The van der Waals surface area contributed by atoms with Crippen LogP contribution in [0.5, 0.6) is 0 Å². The summed E-state index contributed by atoms with van der Waals surface area (Å²) in [5, 5.41) is 3.10. The van der Waals surface area contributed by atoms with E-state index < -0.39 is 10.0 Å². The Balaban J connectivity index is 2.30. The maximum atomic E-state index is 12.8. The van der Waals surface area contributed by atoms with E-state index in [4.69, 9.17) is 0 Å². The lowest BCUT2D eigenvalue weighted by atomic mass is 9.93. The number of sulfonamides is 1. The van der Waals surface area contributed by atoms with Crippen LogP contribution in [0.4, 0.5) is 5.82 Å². The van der Waals surface area contributed by atoms with E-state index in [-0.39, 0.29) is 10.3 Å². The number of rotatable bonds is 5. The molecule has 1 fully saturated rings. The summed E-state index contributed by atoms with van der Waals surface area (Å²) in [6.45, 7) is 8.09. The number of nitrogens with zero attached hydrogens (tertiary/aromatic N) is 2. The Bertz CT molecular complexity index is 570. The van der Waals surface area contributed by atoms with E-state index >= 15 is 0 Å². The molecule has 1 aromatic heterocycles. The molecule has 0 radical (unpaired) electrons. The van der Waals surface area contributed by atoms with Gasteiger partial charge in [0.1, 0.15) is 10.7 Å². The molecule has 0 amide bonds. The molecule has 1 aliphatic heterocycles. The lowest BCUT2D eigenvalue weighted by molar-refractivity contribution is 0.375. The topological polar surface area (TPSA) is 62.3 Å². The quantitative estimate of drug-likeness (QED) is 0.906. The molecular weight excluding hydrogens is 274 g/mol. The van der Waals surface area contributed by atoms with Gasteiger partial charge in [0, 0.05) is 25.8 Å². The van der Waals surface area contributed by atoms with Crippen LogP contribution >= 0.6 is 0 Å². The fourth-order valence-electron chi connectivity index (χ4n) is 2.38. The van der Waals surface area contributed by atoms with Crippen molar-refractivity contribution in [3.05, 3.63) is 18.3 Å². The summed E-state index contributed by atoms with van der Waals surface area (Å²) in [5.74, 6) is 0.457. The third-order valence-corrected chi connectivity index (χ3v) is 5.45. The first-order valence-corrected chi connectivity index (χ1v) is 8.50. The molecule has 1 aromatic rings. The second-order valence-electron chi connectivity index (χ2n) is 6.03. The molecule has 6 heteroatoms. The molecule has 112 valence electrons. The lowest BCUT2D eigenvalue weighted by Crippen LogP contribution is -2.31. The van der Waals surface area contributed by atoms with Crippen molar-refractivity contribution in [2.75, 3.05) is 25.0 Å². The van der Waals surface area contributed by atoms with Crippen LogP contribution in [0.15, 0.2) is 23.2 Å². The zero-order chi connectivity index (χ0) is 14.8. The highest BCUT2D eigenvalue weighted by atomic mass is 32.2. The predicted octanol–water partition coefficient (Wildman–Crippen LogP) is 2.32. The molecular formula is C14H23N3O2S. The van der Waals surface area contributed by atoms with Gasteiger partial charge in [0.25, 0.3) is 0 Å². The van der Waals surface area contributed by atoms with Gasteiger partial charge in [-0.05, 0) is 30.4 Å². The summed E-state index contributed by atoms with van der Waals surface area (Å²) in [6.07, 6.45) is 3.43. The Labute approximate surface area is 121 Å². The Kier molecular flexibility index (Phi) is 4.34. The third kappa shape index (κ3) is 3.12. The number of hydrogen-bond donors (Lipinski definition) is 1. The van der Waals surface area contributed by atoms with Gasteiger partial charge in [-0.15, -0.1) is 0 Å². The summed E-state index contributed by atoms with van der Waals surface area (Å²) in [4.78, 5) is 4.46. The molecule has 1 N–H and O–H groups in total. The second kappa shape index (κ2) is 5.69. The molecule has 0 saturated carbocycles. The summed E-state index contributed by atoms with van der Waals surface area (Å²) in [7, 11) is -3.46. The first-order chi connectivity index (χ1) is 9.37. The van der Waals surface area contributed by atoms with E-state index in [0.29, 0.717) is 25.5 Å². The second-order valence-corrected chi connectivity index (χ2v) is 7.94. The molecule has 0 aromatic carbocycles. The monoisotopic (exact) mass is 297 g/mol. The van der Waals surface area contributed by atoms with Crippen LogP contribution in [-0.4, -0.2) is 37.3 Å². The van der Waals surface area contributed by atoms with Gasteiger partial charge in [-0.3, -0.25) is 0 Å². The number of aromatic nitrogens is 1. The van der Waals surface area contributed by atoms with E-state index in [0.717, 1.165) is 12.8 Å². The van der Waals surface area contributed by atoms with Gasteiger partial charge in [-0.1, -0.05) is 20.8 Å². The fraction of sp³-hybridized carbons (Fsp3) is 0.643. The van der Waals surface area contributed by atoms with Crippen LogP contribution in [-0.2, 0) is 10.0 Å². The maximum Gasteiger partial charge on any atom is 0.246 e. The average molecular weight is 297 g/mol. The molecule has 0 spiro atoms. The maximum absolute atomic E-state index is 12.8. The zero-order valence-corrected chi connectivity index (χ0v) is 13.2. The molecule has 0 atom stereocenters. The summed E-state index contributed by atoms with van der Waals surface area (Å²) >= 11 is 0. The Hall–Kier alpha value is -1.14. The van der Waals surface area contributed by atoms with Crippen molar-refractivity contribution in [2.45, 2.75) is 38.5 Å². The van der Waals surface area contributed by atoms with Crippen molar-refractivity contribution in [3.8, 4) is 0 Å². The normalized spacial score (nSPS) is 19.1. The highest BCUT2D eigenvalue weighted by molar-refractivity contribution is 7.89. The molecule has 1 aliphatic rings. The van der Waals surface area contributed by atoms with Crippen molar-refractivity contribution in [1.29, 1.82) is 0 Å². The van der Waals surface area contributed by atoms with Gasteiger partial charge in [0.05, 0.1) is 0 Å². The van der Waals surface area contributed by atoms with E-state index in [1.807, 2.05) is 6.92 Å². The van der Waals surface area contributed by atoms with Gasteiger partial charge < -0.3 is 5.32 Å². The van der Waals surface area contributed by atoms with Crippen LogP contribution in [0.1, 0.15) is 33.6 Å². The van der Waals surface area contributed by atoms with Crippen molar-refractivity contribution < 1.29 is 8.42 Å². The number of anilines is 1. The van der Waals surface area contributed by atoms with E-state index in [1.165, 1.54) is 0 Å². The summed E-state index contributed by atoms with van der Waals surface area (Å²) < 4.78 is 27.1. The van der Waals surface area contributed by atoms with Crippen molar-refractivity contribution in [2.24, 2.45) is 5.41 Å². The first-order valence-electron chi connectivity index (χ1n) is 7.06. The van der Waals surface area contributed by atoms with Crippen LogP contribution in [0.2, 0.25) is 0 Å². The molecule has 1 saturated heterocycles. The molecule has 20 heavy (non-hydrogen) atoms. The SMILES string of the molecule is CCCNc1ncccc1S(=O)(=O)N1CCC(C)(C)C1. The van der Waals surface area contributed by atoms with Crippen molar-refractivity contribution >= 4 is 15.8 Å². The smallest absolute Gasteiger partial charge is 0.246 e. The van der Waals surface area contributed by atoms with Crippen molar-refractivity contribution in [3.63, 3.8) is 0 Å².